The summed E-state index contributed by atoms with van der Waals surface area (Å²) in [7, 11) is 0. The van der Waals surface area contributed by atoms with Crippen LogP contribution < -0.4 is 10.6 Å². The molecule has 0 radical (unpaired) electrons. The van der Waals surface area contributed by atoms with Gasteiger partial charge >= 0.3 is 0 Å². The molecule has 19 heavy (non-hydrogen) atoms. The van der Waals surface area contributed by atoms with Crippen LogP contribution in [-0.2, 0) is 11.2 Å². The lowest BCUT2D eigenvalue weighted by atomic mass is 9.95. The summed E-state index contributed by atoms with van der Waals surface area (Å²) in [4.78, 5) is 25.7. The minimum Gasteiger partial charge on any atom is -0.366 e. The number of primary amides is 1. The molecule has 1 aliphatic carbocycles. The lowest BCUT2D eigenvalue weighted by molar-refractivity contribution is -0.120. The summed E-state index contributed by atoms with van der Waals surface area (Å²) in [5.41, 5.74) is 7.78. The fourth-order valence-corrected chi connectivity index (χ4v) is 2.95. The van der Waals surface area contributed by atoms with E-state index in [1.54, 1.807) is 12.1 Å². The van der Waals surface area contributed by atoms with Gasteiger partial charge in [-0.05, 0) is 42.9 Å². The number of fused-ring (bicyclic) bond motifs is 1. The molecule has 100 valence electrons. The molecule has 4 nitrogen and oxygen atoms in total. The largest absolute Gasteiger partial charge is 0.366 e. The molecule has 0 saturated heterocycles. The van der Waals surface area contributed by atoms with Gasteiger partial charge in [-0.2, -0.15) is 0 Å². The number of hydrogen-bond donors (Lipinski definition) is 1. The van der Waals surface area contributed by atoms with Gasteiger partial charge in [-0.25, -0.2) is 0 Å². The molecule has 1 fully saturated rings. The van der Waals surface area contributed by atoms with E-state index in [4.69, 9.17) is 5.73 Å². The van der Waals surface area contributed by atoms with Gasteiger partial charge in [-0.3, -0.25) is 9.59 Å². The Labute approximate surface area is 112 Å². The minimum absolute atomic E-state index is 0.170. The van der Waals surface area contributed by atoms with Gasteiger partial charge in [0.1, 0.15) is 0 Å². The van der Waals surface area contributed by atoms with Crippen molar-refractivity contribution in [2.75, 3.05) is 11.4 Å². The summed E-state index contributed by atoms with van der Waals surface area (Å²) in [5, 5.41) is 0. The van der Waals surface area contributed by atoms with Gasteiger partial charge in [0.25, 0.3) is 0 Å². The van der Waals surface area contributed by atoms with Crippen LogP contribution in [0.25, 0.3) is 0 Å². The maximum Gasteiger partial charge on any atom is 0.249 e. The number of nitrogens with two attached hydrogens (primary N) is 1. The van der Waals surface area contributed by atoms with Gasteiger partial charge in [-0.1, -0.05) is 13.0 Å². The highest BCUT2D eigenvalue weighted by Gasteiger charge is 2.42. The molecular weight excluding hydrogens is 240 g/mol. The highest BCUT2D eigenvalue weighted by Crippen LogP contribution is 2.41. The molecule has 2 unspecified atom stereocenters. The molecule has 1 saturated carbocycles. The molecule has 1 aliphatic heterocycles. The first-order valence-electron chi connectivity index (χ1n) is 6.82. The Kier molecular flexibility index (Phi) is 2.81. The molecule has 1 aromatic rings. The summed E-state index contributed by atoms with van der Waals surface area (Å²) in [5.74, 6) is 0.460. The van der Waals surface area contributed by atoms with Crippen molar-refractivity contribution in [1.29, 1.82) is 0 Å². The van der Waals surface area contributed by atoms with Gasteiger partial charge in [0.15, 0.2) is 0 Å². The fraction of sp³-hybridized carbons (Fsp3) is 0.467. The summed E-state index contributed by atoms with van der Waals surface area (Å²) in [6, 6.07) is 5.47. The van der Waals surface area contributed by atoms with Crippen molar-refractivity contribution in [1.82, 2.24) is 0 Å². The Balaban J connectivity index is 1.98. The van der Waals surface area contributed by atoms with Crippen molar-refractivity contribution >= 4 is 17.5 Å². The third-order valence-electron chi connectivity index (χ3n) is 4.21. The second kappa shape index (κ2) is 4.37. The van der Waals surface area contributed by atoms with Gasteiger partial charge in [0, 0.05) is 23.7 Å². The lowest BCUT2D eigenvalue weighted by Gasteiger charge is -2.30. The van der Waals surface area contributed by atoms with E-state index in [0.717, 1.165) is 37.1 Å². The standard InChI is InChI=1S/C15H18N2O2/c1-9-8-12(9)15(19)17-7-3-5-10-11(14(16)18)4-2-6-13(10)17/h2,4,6,9,12H,3,5,7-8H2,1H3,(H2,16,18). The van der Waals surface area contributed by atoms with E-state index in [9.17, 15) is 9.59 Å². The number of benzene rings is 1. The molecule has 2 N–H and O–H groups in total. The molecule has 0 bridgehead atoms. The Bertz CT molecular complexity index is 553. The number of nitrogens with zero attached hydrogens (tertiary/aromatic N) is 1. The van der Waals surface area contributed by atoms with Crippen molar-refractivity contribution in [2.45, 2.75) is 26.2 Å². The number of rotatable bonds is 2. The van der Waals surface area contributed by atoms with Gasteiger partial charge in [0.05, 0.1) is 0 Å². The first-order chi connectivity index (χ1) is 9.09. The third-order valence-corrected chi connectivity index (χ3v) is 4.21. The van der Waals surface area contributed by atoms with E-state index in [1.165, 1.54) is 0 Å². The Morgan fingerprint density at radius 2 is 2.11 bits per heavy atom. The van der Waals surface area contributed by atoms with E-state index in [0.29, 0.717) is 11.5 Å². The SMILES string of the molecule is CC1CC1C(=O)N1CCCc2c(C(N)=O)cccc21. The van der Waals surface area contributed by atoms with Crippen LogP contribution in [0.3, 0.4) is 0 Å². The quantitative estimate of drug-likeness (QED) is 0.878. The van der Waals surface area contributed by atoms with Gasteiger partial charge in [0.2, 0.25) is 11.8 Å². The number of amides is 2. The second-order valence-corrected chi connectivity index (χ2v) is 5.58. The van der Waals surface area contributed by atoms with E-state index >= 15 is 0 Å². The predicted molar refractivity (Wildman–Crippen MR) is 72.9 cm³/mol. The molecule has 1 aromatic carbocycles. The van der Waals surface area contributed by atoms with Crippen molar-refractivity contribution in [3.63, 3.8) is 0 Å². The number of carbonyl (C=O) groups excluding carboxylic acids is 2. The molecule has 0 aromatic heterocycles. The smallest absolute Gasteiger partial charge is 0.249 e. The van der Waals surface area contributed by atoms with E-state index in [-0.39, 0.29) is 11.8 Å². The van der Waals surface area contributed by atoms with Gasteiger partial charge in [-0.15, -0.1) is 0 Å². The Morgan fingerprint density at radius 3 is 2.74 bits per heavy atom. The number of anilines is 1. The van der Waals surface area contributed by atoms with Crippen LogP contribution in [0.2, 0.25) is 0 Å². The zero-order chi connectivity index (χ0) is 13.6. The number of hydrogen-bond acceptors (Lipinski definition) is 2. The van der Waals surface area contributed by atoms with Crippen molar-refractivity contribution in [3.8, 4) is 0 Å². The summed E-state index contributed by atoms with van der Waals surface area (Å²) < 4.78 is 0. The normalized spacial score (nSPS) is 24.8. The fourth-order valence-electron chi connectivity index (χ4n) is 2.95. The number of carbonyl (C=O) groups is 2. The zero-order valence-electron chi connectivity index (χ0n) is 11.1. The van der Waals surface area contributed by atoms with Crippen molar-refractivity contribution in [3.05, 3.63) is 29.3 Å². The molecular formula is C15H18N2O2. The zero-order valence-corrected chi connectivity index (χ0v) is 11.1. The average Bonchev–Trinajstić information content (AvgIpc) is 3.13. The average molecular weight is 258 g/mol. The van der Waals surface area contributed by atoms with Crippen LogP contribution in [0.15, 0.2) is 18.2 Å². The molecule has 4 heteroatoms. The van der Waals surface area contributed by atoms with E-state index < -0.39 is 5.91 Å². The summed E-state index contributed by atoms with van der Waals surface area (Å²) >= 11 is 0. The van der Waals surface area contributed by atoms with Crippen LogP contribution in [0.4, 0.5) is 5.69 Å². The molecule has 2 aliphatic rings. The molecule has 3 rings (SSSR count). The lowest BCUT2D eigenvalue weighted by Crippen LogP contribution is -2.37. The monoisotopic (exact) mass is 258 g/mol. The van der Waals surface area contributed by atoms with Crippen LogP contribution >= 0.6 is 0 Å². The van der Waals surface area contributed by atoms with Gasteiger partial charge < -0.3 is 10.6 Å². The second-order valence-electron chi connectivity index (χ2n) is 5.58. The first-order valence-corrected chi connectivity index (χ1v) is 6.82. The van der Waals surface area contributed by atoms with Crippen molar-refractivity contribution < 1.29 is 9.59 Å². The summed E-state index contributed by atoms with van der Waals surface area (Å²) in [6.45, 7) is 2.85. The Morgan fingerprint density at radius 1 is 1.37 bits per heavy atom. The highest BCUT2D eigenvalue weighted by molar-refractivity contribution is 6.01. The Hall–Kier alpha value is -1.84. The minimum atomic E-state index is -0.411. The van der Waals surface area contributed by atoms with Crippen molar-refractivity contribution in [2.24, 2.45) is 17.6 Å². The predicted octanol–water partition coefficient (Wildman–Crippen LogP) is 1.72. The van der Waals surface area contributed by atoms with Crippen LogP contribution in [0, 0.1) is 11.8 Å². The topological polar surface area (TPSA) is 63.4 Å². The maximum atomic E-state index is 12.4. The van der Waals surface area contributed by atoms with Crippen LogP contribution in [-0.4, -0.2) is 18.4 Å². The van der Waals surface area contributed by atoms with Crippen LogP contribution in [0.1, 0.15) is 35.7 Å². The molecule has 1 heterocycles. The molecule has 2 amide bonds. The van der Waals surface area contributed by atoms with E-state index in [1.807, 2.05) is 11.0 Å². The van der Waals surface area contributed by atoms with Crippen LogP contribution in [0.5, 0.6) is 0 Å². The third kappa shape index (κ3) is 2.01. The highest BCUT2D eigenvalue weighted by atomic mass is 16.2. The summed E-state index contributed by atoms with van der Waals surface area (Å²) in [6.07, 6.45) is 2.70. The van der Waals surface area contributed by atoms with E-state index in [2.05, 4.69) is 6.92 Å². The first kappa shape index (κ1) is 12.2. The molecule has 2 atom stereocenters. The molecule has 0 spiro atoms. The maximum absolute atomic E-state index is 12.4.